The van der Waals surface area contributed by atoms with Crippen molar-refractivity contribution < 1.29 is 0 Å². The zero-order valence-corrected chi connectivity index (χ0v) is 9.23. The van der Waals surface area contributed by atoms with Crippen molar-refractivity contribution in [2.24, 2.45) is 5.73 Å². The predicted molar refractivity (Wildman–Crippen MR) is 58.7 cm³/mol. The molecule has 78 valence electrons. The Bertz CT molecular complexity index is 314. The molecule has 0 aliphatic carbocycles. The van der Waals surface area contributed by atoms with Crippen LogP contribution < -0.4 is 11.1 Å². The van der Waals surface area contributed by atoms with Crippen LogP contribution in [0, 0.1) is 13.8 Å². The lowest BCUT2D eigenvalue weighted by atomic mass is 10.2. The minimum atomic E-state index is 0.281. The van der Waals surface area contributed by atoms with Gasteiger partial charge in [0.2, 0.25) is 5.28 Å². The van der Waals surface area contributed by atoms with Gasteiger partial charge in [0.1, 0.15) is 5.82 Å². The van der Waals surface area contributed by atoms with Gasteiger partial charge in [-0.2, -0.15) is 0 Å². The molecule has 0 bridgehead atoms. The van der Waals surface area contributed by atoms with Gasteiger partial charge in [-0.1, -0.05) is 0 Å². The van der Waals surface area contributed by atoms with Crippen molar-refractivity contribution in [3.63, 3.8) is 0 Å². The van der Waals surface area contributed by atoms with Crippen LogP contribution in [0.15, 0.2) is 0 Å². The average molecular weight is 215 g/mol. The first-order valence-electron chi connectivity index (χ1n) is 4.60. The van der Waals surface area contributed by atoms with E-state index in [0.29, 0.717) is 6.54 Å². The summed E-state index contributed by atoms with van der Waals surface area (Å²) in [5.41, 5.74) is 7.33. The number of nitrogens with one attached hydrogen (secondary N) is 1. The maximum absolute atomic E-state index is 5.75. The van der Waals surface area contributed by atoms with Crippen molar-refractivity contribution >= 4 is 17.4 Å². The quantitative estimate of drug-likeness (QED) is 0.589. The zero-order valence-electron chi connectivity index (χ0n) is 8.47. The summed E-state index contributed by atoms with van der Waals surface area (Å²) in [5.74, 6) is 0.802. The maximum Gasteiger partial charge on any atom is 0.224 e. The second-order valence-electron chi connectivity index (χ2n) is 3.12. The van der Waals surface area contributed by atoms with Gasteiger partial charge in [0, 0.05) is 17.8 Å². The summed E-state index contributed by atoms with van der Waals surface area (Å²) in [7, 11) is 0. The van der Waals surface area contributed by atoms with Crippen LogP contribution in [-0.2, 0) is 0 Å². The summed E-state index contributed by atoms with van der Waals surface area (Å²) in [6.07, 6.45) is 0.917. The molecular formula is C9H15ClN4. The third-order valence-corrected chi connectivity index (χ3v) is 2.20. The van der Waals surface area contributed by atoms with Crippen LogP contribution in [-0.4, -0.2) is 23.1 Å². The van der Waals surface area contributed by atoms with Crippen molar-refractivity contribution in [2.45, 2.75) is 20.3 Å². The van der Waals surface area contributed by atoms with Gasteiger partial charge in [-0.15, -0.1) is 0 Å². The average Bonchev–Trinajstić information content (AvgIpc) is 2.13. The maximum atomic E-state index is 5.75. The fourth-order valence-corrected chi connectivity index (χ4v) is 1.29. The standard InChI is InChI=1S/C9H15ClN4/c1-6-7(2)13-9(10)14-8(6)12-5-3-4-11/h3-5,11H2,1-2H3,(H,12,13,14). The number of nitrogens with zero attached hydrogens (tertiary/aromatic N) is 2. The molecule has 3 N–H and O–H groups in total. The van der Waals surface area contributed by atoms with Crippen molar-refractivity contribution in [1.29, 1.82) is 0 Å². The van der Waals surface area contributed by atoms with Crippen molar-refractivity contribution in [3.8, 4) is 0 Å². The largest absolute Gasteiger partial charge is 0.370 e. The predicted octanol–water partition coefficient (Wildman–Crippen LogP) is 1.51. The van der Waals surface area contributed by atoms with Crippen molar-refractivity contribution in [1.82, 2.24) is 9.97 Å². The highest BCUT2D eigenvalue weighted by Gasteiger charge is 2.05. The van der Waals surface area contributed by atoms with Crippen LogP contribution in [0.1, 0.15) is 17.7 Å². The topological polar surface area (TPSA) is 63.8 Å². The molecule has 0 radical (unpaired) electrons. The van der Waals surface area contributed by atoms with Gasteiger partial charge in [-0.05, 0) is 38.4 Å². The number of halogens is 1. The van der Waals surface area contributed by atoms with E-state index in [1.807, 2.05) is 13.8 Å². The molecule has 0 amide bonds. The van der Waals surface area contributed by atoms with E-state index >= 15 is 0 Å². The summed E-state index contributed by atoms with van der Waals surface area (Å²) in [4.78, 5) is 8.16. The molecule has 0 spiro atoms. The Labute approximate surface area is 88.9 Å². The number of nitrogens with two attached hydrogens (primary N) is 1. The molecule has 1 rings (SSSR count). The van der Waals surface area contributed by atoms with Gasteiger partial charge in [0.15, 0.2) is 0 Å². The molecule has 1 aromatic rings. The monoisotopic (exact) mass is 214 g/mol. The molecule has 0 aliphatic rings. The van der Waals surface area contributed by atoms with E-state index in [-0.39, 0.29) is 5.28 Å². The van der Waals surface area contributed by atoms with Gasteiger partial charge in [0.25, 0.3) is 0 Å². The Kier molecular flexibility index (Phi) is 4.10. The normalized spacial score (nSPS) is 10.3. The van der Waals surface area contributed by atoms with E-state index in [1.165, 1.54) is 0 Å². The molecule has 14 heavy (non-hydrogen) atoms. The molecule has 0 aliphatic heterocycles. The first kappa shape index (κ1) is 11.2. The third-order valence-electron chi connectivity index (χ3n) is 2.04. The lowest BCUT2D eigenvalue weighted by Crippen LogP contribution is -2.11. The molecule has 0 saturated carbocycles. The number of rotatable bonds is 4. The Morgan fingerprint density at radius 1 is 1.36 bits per heavy atom. The summed E-state index contributed by atoms with van der Waals surface area (Å²) in [5, 5.41) is 3.46. The highest BCUT2D eigenvalue weighted by atomic mass is 35.5. The van der Waals surface area contributed by atoms with Gasteiger partial charge in [0.05, 0.1) is 0 Å². The molecule has 5 heteroatoms. The van der Waals surface area contributed by atoms with Crippen molar-refractivity contribution in [3.05, 3.63) is 16.5 Å². The Balaban J connectivity index is 2.75. The smallest absolute Gasteiger partial charge is 0.224 e. The zero-order chi connectivity index (χ0) is 10.6. The van der Waals surface area contributed by atoms with Crippen molar-refractivity contribution in [2.75, 3.05) is 18.4 Å². The summed E-state index contributed by atoms with van der Waals surface area (Å²) in [6.45, 7) is 5.36. The van der Waals surface area contributed by atoms with E-state index in [4.69, 9.17) is 17.3 Å². The number of aromatic nitrogens is 2. The van der Waals surface area contributed by atoms with Crippen LogP contribution in [0.25, 0.3) is 0 Å². The summed E-state index contributed by atoms with van der Waals surface area (Å²) in [6, 6.07) is 0. The van der Waals surface area contributed by atoms with Crippen LogP contribution in [0.3, 0.4) is 0 Å². The fourth-order valence-electron chi connectivity index (χ4n) is 1.08. The molecule has 0 unspecified atom stereocenters. The molecule has 0 fully saturated rings. The van der Waals surface area contributed by atoms with E-state index in [1.54, 1.807) is 0 Å². The highest BCUT2D eigenvalue weighted by molar-refractivity contribution is 6.28. The first-order chi connectivity index (χ1) is 6.65. The highest BCUT2D eigenvalue weighted by Crippen LogP contribution is 2.16. The fraction of sp³-hybridized carbons (Fsp3) is 0.556. The number of anilines is 1. The molecule has 0 atom stereocenters. The summed E-state index contributed by atoms with van der Waals surface area (Å²) >= 11 is 5.75. The molecule has 0 saturated heterocycles. The minimum absolute atomic E-state index is 0.281. The van der Waals surface area contributed by atoms with Crippen LogP contribution in [0.4, 0.5) is 5.82 Å². The number of hydrogen-bond donors (Lipinski definition) is 2. The number of hydrogen-bond acceptors (Lipinski definition) is 4. The van der Waals surface area contributed by atoms with Gasteiger partial charge < -0.3 is 11.1 Å². The Morgan fingerprint density at radius 3 is 2.71 bits per heavy atom. The third kappa shape index (κ3) is 2.82. The van der Waals surface area contributed by atoms with E-state index in [2.05, 4.69) is 15.3 Å². The van der Waals surface area contributed by atoms with E-state index in [9.17, 15) is 0 Å². The second kappa shape index (κ2) is 5.12. The van der Waals surface area contributed by atoms with Gasteiger partial charge >= 0.3 is 0 Å². The SMILES string of the molecule is Cc1nc(Cl)nc(NCCCN)c1C. The van der Waals surface area contributed by atoms with E-state index in [0.717, 1.165) is 30.0 Å². The number of aryl methyl sites for hydroxylation is 1. The molecule has 1 heterocycles. The Morgan fingerprint density at radius 2 is 2.07 bits per heavy atom. The van der Waals surface area contributed by atoms with E-state index < -0.39 is 0 Å². The van der Waals surface area contributed by atoms with Gasteiger partial charge in [-0.25, -0.2) is 9.97 Å². The summed E-state index contributed by atoms with van der Waals surface area (Å²) < 4.78 is 0. The molecule has 0 aromatic carbocycles. The van der Waals surface area contributed by atoms with Gasteiger partial charge in [-0.3, -0.25) is 0 Å². The van der Waals surface area contributed by atoms with Crippen LogP contribution in [0.2, 0.25) is 5.28 Å². The second-order valence-corrected chi connectivity index (χ2v) is 3.46. The first-order valence-corrected chi connectivity index (χ1v) is 4.97. The lowest BCUT2D eigenvalue weighted by Gasteiger charge is -2.09. The molecular weight excluding hydrogens is 200 g/mol. The van der Waals surface area contributed by atoms with Crippen LogP contribution in [0.5, 0.6) is 0 Å². The van der Waals surface area contributed by atoms with Crippen LogP contribution >= 0.6 is 11.6 Å². The Hall–Kier alpha value is -0.870. The molecule has 4 nitrogen and oxygen atoms in total. The minimum Gasteiger partial charge on any atom is -0.370 e. The molecule has 1 aromatic heterocycles. The lowest BCUT2D eigenvalue weighted by molar-refractivity contribution is 0.866.